The lowest BCUT2D eigenvalue weighted by Gasteiger charge is -2.14. The van der Waals surface area contributed by atoms with Crippen molar-refractivity contribution in [3.05, 3.63) is 170 Å². The van der Waals surface area contributed by atoms with E-state index in [2.05, 4.69) is 150 Å². The van der Waals surface area contributed by atoms with Crippen LogP contribution in [0.2, 0.25) is 0 Å². The number of furan rings is 1. The van der Waals surface area contributed by atoms with Crippen molar-refractivity contribution in [2.45, 2.75) is 0 Å². The summed E-state index contributed by atoms with van der Waals surface area (Å²) in [5.74, 6) is 1.93. The van der Waals surface area contributed by atoms with Crippen molar-refractivity contribution >= 4 is 107 Å². The van der Waals surface area contributed by atoms with E-state index in [0.29, 0.717) is 17.5 Å². The topological polar surface area (TPSA) is 56.7 Å². The maximum atomic E-state index is 6.65. The molecular formula is C51H28N4OS2. The van der Waals surface area contributed by atoms with Crippen molar-refractivity contribution in [1.29, 1.82) is 0 Å². The summed E-state index contributed by atoms with van der Waals surface area (Å²) in [6.07, 6.45) is 0. The Labute approximate surface area is 338 Å². The zero-order chi connectivity index (χ0) is 37.9. The Balaban J connectivity index is 1.14. The van der Waals surface area contributed by atoms with Gasteiger partial charge in [0, 0.05) is 78.9 Å². The van der Waals surface area contributed by atoms with E-state index < -0.39 is 0 Å². The summed E-state index contributed by atoms with van der Waals surface area (Å²) in [5, 5.41) is 9.19. The first kappa shape index (κ1) is 32.0. The fourth-order valence-corrected chi connectivity index (χ4v) is 11.2. The number of hydrogen-bond donors (Lipinski definition) is 0. The first-order valence-corrected chi connectivity index (χ1v) is 20.9. The molecule has 0 N–H and O–H groups in total. The molecule has 0 amide bonds. The van der Waals surface area contributed by atoms with Crippen molar-refractivity contribution in [3.63, 3.8) is 0 Å². The molecule has 7 heteroatoms. The van der Waals surface area contributed by atoms with Gasteiger partial charge in [-0.1, -0.05) is 115 Å². The smallest absolute Gasteiger partial charge is 0.164 e. The van der Waals surface area contributed by atoms with Gasteiger partial charge in [0.25, 0.3) is 0 Å². The van der Waals surface area contributed by atoms with Crippen LogP contribution >= 0.6 is 22.7 Å². The fraction of sp³-hybridized carbons (Fsp3) is 0. The second kappa shape index (κ2) is 12.2. The van der Waals surface area contributed by atoms with Gasteiger partial charge in [0.2, 0.25) is 0 Å². The molecule has 5 nitrogen and oxygen atoms in total. The van der Waals surface area contributed by atoms with Gasteiger partial charge in [-0.15, -0.1) is 22.7 Å². The molecule has 0 radical (unpaired) electrons. The average Bonchev–Trinajstić information content (AvgIpc) is 4.05. The summed E-state index contributed by atoms with van der Waals surface area (Å²) in [7, 11) is 0. The van der Waals surface area contributed by atoms with Gasteiger partial charge in [-0.2, -0.15) is 0 Å². The lowest BCUT2D eigenvalue weighted by molar-refractivity contribution is 0.673. The van der Waals surface area contributed by atoms with E-state index in [-0.39, 0.29) is 0 Å². The van der Waals surface area contributed by atoms with Crippen molar-refractivity contribution in [2.75, 3.05) is 0 Å². The summed E-state index contributed by atoms with van der Waals surface area (Å²) in [4.78, 5) is 16.0. The third kappa shape index (κ3) is 4.60. The molecule has 13 aromatic rings. The minimum absolute atomic E-state index is 0.635. The van der Waals surface area contributed by atoms with E-state index in [1.54, 1.807) is 22.7 Å². The van der Waals surface area contributed by atoms with Gasteiger partial charge >= 0.3 is 0 Å². The van der Waals surface area contributed by atoms with Gasteiger partial charge < -0.3 is 8.98 Å². The normalized spacial score (nSPS) is 12.1. The van der Waals surface area contributed by atoms with Crippen LogP contribution in [0, 0.1) is 0 Å². The Morgan fingerprint density at radius 3 is 1.83 bits per heavy atom. The van der Waals surface area contributed by atoms with Gasteiger partial charge in [0.15, 0.2) is 17.5 Å². The zero-order valence-electron chi connectivity index (χ0n) is 30.7. The van der Waals surface area contributed by atoms with E-state index in [1.165, 1.54) is 35.0 Å². The quantitative estimate of drug-likeness (QED) is 0.179. The number of aromatic nitrogens is 4. The van der Waals surface area contributed by atoms with Crippen molar-refractivity contribution in [1.82, 2.24) is 19.5 Å². The van der Waals surface area contributed by atoms with Crippen LogP contribution < -0.4 is 0 Å². The largest absolute Gasteiger partial charge is 0.455 e. The Kier molecular flexibility index (Phi) is 6.70. The molecule has 0 aliphatic heterocycles. The Morgan fingerprint density at radius 2 is 1.02 bits per heavy atom. The molecule has 0 spiro atoms. The van der Waals surface area contributed by atoms with Crippen LogP contribution in [0.4, 0.5) is 0 Å². The Bertz CT molecular complexity index is 3820. The monoisotopic (exact) mass is 776 g/mol. The van der Waals surface area contributed by atoms with Crippen molar-refractivity contribution in [3.8, 4) is 39.9 Å². The van der Waals surface area contributed by atoms with Crippen LogP contribution in [0.5, 0.6) is 0 Å². The average molecular weight is 777 g/mol. The van der Waals surface area contributed by atoms with E-state index in [0.717, 1.165) is 71.5 Å². The molecule has 0 saturated carbocycles. The van der Waals surface area contributed by atoms with Crippen LogP contribution in [-0.4, -0.2) is 19.5 Å². The number of para-hydroxylation sites is 2. The number of nitrogens with zero attached hydrogens (tertiary/aromatic N) is 4. The fourth-order valence-electron chi connectivity index (χ4n) is 8.95. The van der Waals surface area contributed by atoms with E-state index in [1.807, 2.05) is 24.3 Å². The molecule has 0 bridgehead atoms. The highest BCUT2D eigenvalue weighted by molar-refractivity contribution is 7.26. The molecule has 8 aromatic carbocycles. The van der Waals surface area contributed by atoms with E-state index >= 15 is 0 Å². The second-order valence-electron chi connectivity index (χ2n) is 14.7. The maximum Gasteiger partial charge on any atom is 0.164 e. The van der Waals surface area contributed by atoms with Crippen LogP contribution in [0.1, 0.15) is 0 Å². The Hall–Kier alpha value is -7.19. The van der Waals surface area contributed by atoms with Crippen LogP contribution in [0.3, 0.4) is 0 Å². The predicted octanol–water partition coefficient (Wildman–Crippen LogP) is 14.6. The maximum absolute atomic E-state index is 6.65. The summed E-state index contributed by atoms with van der Waals surface area (Å²) >= 11 is 3.60. The molecular weight excluding hydrogens is 749 g/mol. The third-order valence-corrected chi connectivity index (χ3v) is 13.7. The van der Waals surface area contributed by atoms with Crippen LogP contribution in [0.25, 0.3) is 124 Å². The molecule has 0 fully saturated rings. The van der Waals surface area contributed by atoms with E-state index in [4.69, 9.17) is 19.4 Å². The molecule has 0 aliphatic carbocycles. The third-order valence-electron chi connectivity index (χ3n) is 11.5. The SMILES string of the molecule is c1ccc(-c2nc(-c3cccc4sc5ccccc5c34)nc(-c3cc(-n4c5ccccc5c5c6oc7ccccc7c6ccc54)cc4sc5ccccc5c34)n2)cc1. The molecule has 5 heterocycles. The lowest BCUT2D eigenvalue weighted by Crippen LogP contribution is -2.02. The first-order valence-electron chi connectivity index (χ1n) is 19.3. The highest BCUT2D eigenvalue weighted by Crippen LogP contribution is 2.46. The molecule has 0 aliphatic rings. The number of benzene rings is 8. The molecule has 270 valence electrons. The molecule has 13 rings (SSSR count). The standard InChI is InChI=1S/C51H28N4OS2/c1-2-13-29(14-3-1)49-52-50(36-19-12-24-43-45(36)34-17-6-10-22-41(34)57-43)54-51(53-49)37-27-30(28-44-46(37)35-18-7-11-23-42(35)58-44)55-38-20-8-4-16-33(38)47-39(55)26-25-32-31-15-5-9-21-40(31)56-48(32)47/h1-28H. The van der Waals surface area contributed by atoms with Crippen LogP contribution in [0.15, 0.2) is 174 Å². The summed E-state index contributed by atoms with van der Waals surface area (Å²) < 4.78 is 13.9. The summed E-state index contributed by atoms with van der Waals surface area (Å²) in [5.41, 5.74) is 7.91. The minimum atomic E-state index is 0.635. The predicted molar refractivity (Wildman–Crippen MR) is 244 cm³/mol. The molecule has 5 aromatic heterocycles. The highest BCUT2D eigenvalue weighted by atomic mass is 32.1. The number of fused-ring (bicyclic) bond motifs is 13. The molecule has 0 saturated heterocycles. The highest BCUT2D eigenvalue weighted by Gasteiger charge is 2.23. The second-order valence-corrected chi connectivity index (χ2v) is 16.9. The van der Waals surface area contributed by atoms with Crippen molar-refractivity contribution in [2.24, 2.45) is 0 Å². The van der Waals surface area contributed by atoms with Gasteiger partial charge in [-0.3, -0.25) is 0 Å². The lowest BCUT2D eigenvalue weighted by atomic mass is 10.0. The minimum Gasteiger partial charge on any atom is -0.455 e. The molecule has 0 atom stereocenters. The van der Waals surface area contributed by atoms with Gasteiger partial charge in [0.05, 0.1) is 16.4 Å². The van der Waals surface area contributed by atoms with Gasteiger partial charge in [0.1, 0.15) is 11.2 Å². The van der Waals surface area contributed by atoms with Gasteiger partial charge in [-0.25, -0.2) is 15.0 Å². The number of thiophene rings is 2. The summed E-state index contributed by atoms with van der Waals surface area (Å²) in [6, 6.07) is 60.0. The van der Waals surface area contributed by atoms with Gasteiger partial charge in [-0.05, 0) is 54.6 Å². The first-order chi connectivity index (χ1) is 28.7. The molecule has 58 heavy (non-hydrogen) atoms. The van der Waals surface area contributed by atoms with E-state index in [9.17, 15) is 0 Å². The van der Waals surface area contributed by atoms with Crippen molar-refractivity contribution < 1.29 is 4.42 Å². The number of rotatable bonds is 4. The molecule has 0 unspecified atom stereocenters. The Morgan fingerprint density at radius 1 is 0.397 bits per heavy atom. The van der Waals surface area contributed by atoms with Crippen LogP contribution in [-0.2, 0) is 0 Å². The number of hydrogen-bond acceptors (Lipinski definition) is 6. The summed E-state index contributed by atoms with van der Waals surface area (Å²) in [6.45, 7) is 0. The zero-order valence-corrected chi connectivity index (χ0v) is 32.3.